The zero-order valence-corrected chi connectivity index (χ0v) is 18.3. The van der Waals surface area contributed by atoms with Crippen LogP contribution in [0.4, 0.5) is 10.5 Å². The van der Waals surface area contributed by atoms with E-state index in [1.165, 1.54) is 32.1 Å². The molecule has 7 heteroatoms. The van der Waals surface area contributed by atoms with Gasteiger partial charge in [0.15, 0.2) is 5.96 Å². The number of halogens is 1. The molecule has 1 aromatic carbocycles. The van der Waals surface area contributed by atoms with Crippen molar-refractivity contribution in [2.24, 2.45) is 4.99 Å². The van der Waals surface area contributed by atoms with Gasteiger partial charge >= 0.3 is 6.03 Å². The molecule has 0 bridgehead atoms. The second kappa shape index (κ2) is 12.0. The molecule has 0 aromatic heterocycles. The number of benzene rings is 1. The number of carbonyl (C=O) groups excluding carboxylic acids is 1. The fraction of sp³-hybridized carbons (Fsp3) is 0.579. The number of hydrogen-bond acceptors (Lipinski definition) is 2. The molecule has 0 unspecified atom stereocenters. The molecule has 2 rings (SSSR count). The number of hydrogen-bond donors (Lipinski definition) is 4. The van der Waals surface area contributed by atoms with Gasteiger partial charge in [-0.05, 0) is 44.4 Å². The van der Waals surface area contributed by atoms with Crippen molar-refractivity contribution in [1.29, 1.82) is 0 Å². The first-order valence-corrected chi connectivity index (χ1v) is 9.20. The second-order valence-corrected chi connectivity index (χ2v) is 6.86. The molecule has 26 heavy (non-hydrogen) atoms. The van der Waals surface area contributed by atoms with Gasteiger partial charge < -0.3 is 21.3 Å². The Morgan fingerprint density at radius 3 is 2.38 bits per heavy atom. The lowest BCUT2D eigenvalue weighted by atomic mass is 9.96. The summed E-state index contributed by atoms with van der Waals surface area (Å²) in [5, 5.41) is 12.5. The molecule has 0 spiro atoms. The summed E-state index contributed by atoms with van der Waals surface area (Å²) >= 11 is 0. The number of anilines is 1. The Labute approximate surface area is 174 Å². The van der Waals surface area contributed by atoms with Crippen LogP contribution in [0.25, 0.3) is 0 Å². The van der Waals surface area contributed by atoms with Crippen LogP contribution >= 0.6 is 24.0 Å². The maximum Gasteiger partial charge on any atom is 0.319 e. The fourth-order valence-corrected chi connectivity index (χ4v) is 2.96. The maximum absolute atomic E-state index is 11.7. The average Bonchev–Trinajstić information content (AvgIpc) is 2.60. The van der Waals surface area contributed by atoms with E-state index in [1.807, 2.05) is 38.1 Å². The van der Waals surface area contributed by atoms with Crippen molar-refractivity contribution in [3.63, 3.8) is 0 Å². The Kier molecular flexibility index (Phi) is 10.4. The SMILES string of the molecule is CN=C(NCc1ccc(NC(=O)NC(C)C)cc1)NC1CCCCC1.I. The molecule has 1 aliphatic rings. The molecule has 4 N–H and O–H groups in total. The quantitative estimate of drug-likeness (QED) is 0.298. The second-order valence-electron chi connectivity index (χ2n) is 6.86. The van der Waals surface area contributed by atoms with E-state index in [4.69, 9.17) is 0 Å². The van der Waals surface area contributed by atoms with Crippen LogP contribution in [0, 0.1) is 0 Å². The van der Waals surface area contributed by atoms with Crippen molar-refractivity contribution in [3.05, 3.63) is 29.8 Å². The Hall–Kier alpha value is -1.51. The third-order valence-corrected chi connectivity index (χ3v) is 4.26. The number of nitrogens with one attached hydrogen (secondary N) is 4. The van der Waals surface area contributed by atoms with E-state index in [0.29, 0.717) is 12.6 Å². The lowest BCUT2D eigenvalue weighted by Crippen LogP contribution is -2.43. The molecule has 0 heterocycles. The van der Waals surface area contributed by atoms with E-state index in [9.17, 15) is 4.79 Å². The molecule has 1 aromatic rings. The first-order chi connectivity index (χ1) is 12.1. The van der Waals surface area contributed by atoms with Gasteiger partial charge in [0.25, 0.3) is 0 Å². The van der Waals surface area contributed by atoms with Crippen LogP contribution in [0.15, 0.2) is 29.3 Å². The van der Waals surface area contributed by atoms with Crippen LogP contribution < -0.4 is 21.3 Å². The number of aliphatic imine (C=N–C) groups is 1. The summed E-state index contributed by atoms with van der Waals surface area (Å²) in [4.78, 5) is 16.0. The maximum atomic E-state index is 11.7. The van der Waals surface area contributed by atoms with Crippen molar-refractivity contribution in [3.8, 4) is 0 Å². The predicted molar refractivity (Wildman–Crippen MR) is 119 cm³/mol. The molecule has 0 radical (unpaired) electrons. The van der Waals surface area contributed by atoms with Gasteiger partial charge in [0.05, 0.1) is 0 Å². The van der Waals surface area contributed by atoms with Crippen LogP contribution in [-0.2, 0) is 6.54 Å². The highest BCUT2D eigenvalue weighted by Crippen LogP contribution is 2.17. The molecule has 1 saturated carbocycles. The van der Waals surface area contributed by atoms with E-state index in [-0.39, 0.29) is 36.0 Å². The van der Waals surface area contributed by atoms with Crippen molar-refractivity contribution < 1.29 is 4.79 Å². The minimum atomic E-state index is -0.182. The van der Waals surface area contributed by atoms with Gasteiger partial charge in [-0.15, -0.1) is 24.0 Å². The van der Waals surface area contributed by atoms with Crippen LogP contribution in [0.2, 0.25) is 0 Å². The third kappa shape index (κ3) is 8.25. The summed E-state index contributed by atoms with van der Waals surface area (Å²) in [7, 11) is 1.80. The van der Waals surface area contributed by atoms with Gasteiger partial charge in [-0.1, -0.05) is 31.4 Å². The summed E-state index contributed by atoms with van der Waals surface area (Å²) in [5.74, 6) is 0.852. The Bertz CT molecular complexity index is 568. The molecule has 146 valence electrons. The van der Waals surface area contributed by atoms with E-state index < -0.39 is 0 Å². The molecule has 6 nitrogen and oxygen atoms in total. The average molecular weight is 473 g/mol. The topological polar surface area (TPSA) is 77.5 Å². The molecular weight excluding hydrogens is 441 g/mol. The number of urea groups is 1. The molecule has 0 saturated heterocycles. The standard InChI is InChI=1S/C19H31N5O.HI/c1-14(2)22-19(25)24-17-11-9-15(10-12-17)13-21-18(20-3)23-16-7-5-4-6-8-16;/h9-12,14,16H,4-8,13H2,1-3H3,(H2,20,21,23)(H2,22,24,25);1H. The minimum absolute atomic E-state index is 0. The van der Waals surface area contributed by atoms with Gasteiger partial charge in [0, 0.05) is 31.4 Å². The molecule has 1 fully saturated rings. The third-order valence-electron chi connectivity index (χ3n) is 4.26. The highest BCUT2D eigenvalue weighted by molar-refractivity contribution is 14.0. The van der Waals surface area contributed by atoms with Crippen molar-refractivity contribution in [1.82, 2.24) is 16.0 Å². The van der Waals surface area contributed by atoms with Gasteiger partial charge in [-0.2, -0.15) is 0 Å². The minimum Gasteiger partial charge on any atom is -0.354 e. The molecule has 0 aliphatic heterocycles. The first-order valence-electron chi connectivity index (χ1n) is 9.20. The molecule has 1 aliphatic carbocycles. The van der Waals surface area contributed by atoms with Crippen molar-refractivity contribution in [2.75, 3.05) is 12.4 Å². The molecule has 0 atom stereocenters. The van der Waals surface area contributed by atoms with Gasteiger partial charge in [0.1, 0.15) is 0 Å². The van der Waals surface area contributed by atoms with Gasteiger partial charge in [-0.3, -0.25) is 4.99 Å². The van der Waals surface area contributed by atoms with Crippen LogP contribution in [0.5, 0.6) is 0 Å². The number of rotatable bonds is 5. The van der Waals surface area contributed by atoms with Crippen LogP contribution in [-0.4, -0.2) is 31.1 Å². The van der Waals surface area contributed by atoms with Crippen molar-refractivity contribution >= 4 is 41.7 Å². The number of nitrogens with zero attached hydrogens (tertiary/aromatic N) is 1. The number of guanidine groups is 1. The Morgan fingerprint density at radius 1 is 1.15 bits per heavy atom. The lowest BCUT2D eigenvalue weighted by molar-refractivity contribution is 0.250. The van der Waals surface area contributed by atoms with Crippen molar-refractivity contribution in [2.45, 2.75) is 64.6 Å². The summed E-state index contributed by atoms with van der Waals surface area (Å²) in [6, 6.07) is 8.30. The first kappa shape index (κ1) is 22.5. The van der Waals surface area contributed by atoms with Crippen LogP contribution in [0.3, 0.4) is 0 Å². The van der Waals surface area contributed by atoms with E-state index in [0.717, 1.165) is 17.2 Å². The highest BCUT2D eigenvalue weighted by atomic mass is 127. The smallest absolute Gasteiger partial charge is 0.319 e. The van der Waals surface area contributed by atoms with E-state index in [2.05, 4.69) is 26.3 Å². The number of amides is 2. The predicted octanol–water partition coefficient (Wildman–Crippen LogP) is 3.83. The summed E-state index contributed by atoms with van der Waals surface area (Å²) < 4.78 is 0. The summed E-state index contributed by atoms with van der Waals surface area (Å²) in [6.07, 6.45) is 6.39. The van der Waals surface area contributed by atoms with Gasteiger partial charge in [-0.25, -0.2) is 4.79 Å². The van der Waals surface area contributed by atoms with E-state index >= 15 is 0 Å². The Balaban J connectivity index is 0.00000338. The monoisotopic (exact) mass is 473 g/mol. The summed E-state index contributed by atoms with van der Waals surface area (Å²) in [6.45, 7) is 4.57. The van der Waals surface area contributed by atoms with E-state index in [1.54, 1.807) is 7.05 Å². The lowest BCUT2D eigenvalue weighted by Gasteiger charge is -2.24. The highest BCUT2D eigenvalue weighted by Gasteiger charge is 2.14. The fourth-order valence-electron chi connectivity index (χ4n) is 2.96. The van der Waals surface area contributed by atoms with Gasteiger partial charge in [0.2, 0.25) is 0 Å². The molecule has 2 amide bonds. The zero-order valence-electron chi connectivity index (χ0n) is 16.0. The van der Waals surface area contributed by atoms with Crippen LogP contribution in [0.1, 0.15) is 51.5 Å². The Morgan fingerprint density at radius 2 is 1.81 bits per heavy atom. The summed E-state index contributed by atoms with van der Waals surface area (Å²) in [5.41, 5.74) is 1.92. The number of carbonyl (C=O) groups is 1. The molecular formula is C19H32IN5O. The normalized spacial score (nSPS) is 15.2. The largest absolute Gasteiger partial charge is 0.354 e. The zero-order chi connectivity index (χ0) is 18.1.